The van der Waals surface area contributed by atoms with Gasteiger partial charge >= 0.3 is 31.0 Å². The predicted molar refractivity (Wildman–Crippen MR) is 79.1 cm³/mol. The predicted octanol–water partition coefficient (Wildman–Crippen LogP) is -2.06. The molecule has 0 aromatic heterocycles. The van der Waals surface area contributed by atoms with E-state index in [4.69, 9.17) is 39.1 Å². The molecule has 0 radical (unpaired) electrons. The first kappa shape index (κ1) is 24.5. The largest absolute Gasteiger partial charge is 0.412 e. The average molecular weight is 437 g/mol. The van der Waals surface area contributed by atoms with Gasteiger partial charge in [-0.25, -0.2) is 18.3 Å². The molecule has 0 heterocycles. The molecule has 1 atom stereocenters. The van der Waals surface area contributed by atoms with Crippen LogP contribution in [0.2, 0.25) is 0 Å². The average Bonchev–Trinajstić information content (AvgIpc) is 2.19. The zero-order valence-electron chi connectivity index (χ0n) is 12.1. The molecule has 0 amide bonds. The quantitative estimate of drug-likeness (QED) is 0.132. The molecule has 19 heteroatoms. The van der Waals surface area contributed by atoms with Gasteiger partial charge in [0.15, 0.2) is 0 Å². The van der Waals surface area contributed by atoms with Gasteiger partial charge < -0.3 is 44.5 Å². The monoisotopic (exact) mass is 437 g/mol. The normalized spacial score (nSPS) is 16.0. The molecule has 15 nitrogen and oxygen atoms in total. The van der Waals surface area contributed by atoms with Crippen LogP contribution in [-0.2, 0) is 18.3 Å². The summed E-state index contributed by atoms with van der Waals surface area (Å²) in [5, 5.41) is 2.33. The zero-order valence-corrected chi connectivity index (χ0v) is 15.7. The Labute approximate surface area is 136 Å². The third-order valence-corrected chi connectivity index (χ3v) is 8.71. The molecule has 1 unspecified atom stereocenters. The van der Waals surface area contributed by atoms with Crippen molar-refractivity contribution in [3.05, 3.63) is 0 Å². The van der Waals surface area contributed by atoms with Gasteiger partial charge in [-0.2, -0.15) is 0 Å². The third-order valence-electron chi connectivity index (χ3n) is 2.46. The van der Waals surface area contributed by atoms with Crippen molar-refractivity contribution in [2.75, 3.05) is 19.6 Å². The lowest BCUT2D eigenvalue weighted by molar-refractivity contribution is 0.242. The van der Waals surface area contributed by atoms with Crippen molar-refractivity contribution in [3.63, 3.8) is 0 Å². The zero-order chi connectivity index (χ0) is 19.6. The van der Waals surface area contributed by atoms with Crippen LogP contribution in [0.25, 0.3) is 0 Å². The molecule has 0 aromatic rings. The minimum Gasteiger partial charge on any atom is -0.314 e. The number of hydrogen-bond acceptors (Lipinski definition) is 5. The van der Waals surface area contributed by atoms with Crippen LogP contribution in [0.1, 0.15) is 6.92 Å². The molecule has 146 valence electrons. The van der Waals surface area contributed by atoms with Crippen molar-refractivity contribution < 1.29 is 57.4 Å². The Kier molecular flexibility index (Phi) is 8.62. The Bertz CT molecular complexity index is 558. The SMILES string of the molecule is CC(CNCCN(P(=O)(O)O)P(=O)(O)O)N(P(=O)(O)O)P(=O)(O)O. The maximum absolute atomic E-state index is 11.1. The van der Waals surface area contributed by atoms with Crippen LogP contribution in [0.3, 0.4) is 0 Å². The van der Waals surface area contributed by atoms with Crippen LogP contribution in [0, 0.1) is 0 Å². The number of hydrogen-bond donors (Lipinski definition) is 9. The Morgan fingerprint density at radius 3 is 1.46 bits per heavy atom. The fourth-order valence-electron chi connectivity index (χ4n) is 1.65. The second kappa shape index (κ2) is 8.45. The molecule has 0 saturated carbocycles. The minimum atomic E-state index is -5.30. The van der Waals surface area contributed by atoms with E-state index in [-0.39, 0.29) is 8.88 Å². The first-order chi connectivity index (χ1) is 10.4. The van der Waals surface area contributed by atoms with Crippen molar-refractivity contribution >= 4 is 31.0 Å². The molecule has 0 aromatic carbocycles. The van der Waals surface area contributed by atoms with Crippen LogP contribution < -0.4 is 5.32 Å². The molecule has 0 aliphatic carbocycles. The summed E-state index contributed by atoms with van der Waals surface area (Å²) in [6, 6.07) is -1.41. The summed E-state index contributed by atoms with van der Waals surface area (Å²) in [5.74, 6) is 0. The molecule has 0 fully saturated rings. The lowest BCUT2D eigenvalue weighted by atomic mass is 10.3. The summed E-state index contributed by atoms with van der Waals surface area (Å²) in [6.07, 6.45) is 0. The first-order valence-corrected chi connectivity index (χ1v) is 12.2. The molecular formula is C5H19N3O12P4. The van der Waals surface area contributed by atoms with Crippen LogP contribution in [-0.4, -0.2) is 73.7 Å². The van der Waals surface area contributed by atoms with Crippen molar-refractivity contribution in [1.29, 1.82) is 0 Å². The molecule has 24 heavy (non-hydrogen) atoms. The van der Waals surface area contributed by atoms with E-state index in [0.717, 1.165) is 6.92 Å². The number of rotatable bonds is 10. The van der Waals surface area contributed by atoms with Crippen molar-refractivity contribution in [2.45, 2.75) is 13.0 Å². The first-order valence-electron chi connectivity index (χ1n) is 5.90. The second-order valence-corrected chi connectivity index (χ2v) is 11.1. The number of nitrogens with zero attached hydrogens (tertiary/aromatic N) is 2. The standard InChI is InChI=1S/C5H19N3O12P4/c1-5(8(23(15,16)17)24(18,19)20)4-6-2-3-7(21(9,10)11)22(12,13)14/h5-6H,2-4H2,1H3,(H2,9,10,11)(H2,12,13,14)(H2,15,16,17)(H2,18,19,20). The van der Waals surface area contributed by atoms with Gasteiger partial charge in [0.2, 0.25) is 0 Å². The van der Waals surface area contributed by atoms with Crippen molar-refractivity contribution in [2.24, 2.45) is 0 Å². The summed E-state index contributed by atoms with van der Waals surface area (Å²) < 4.78 is 43.4. The summed E-state index contributed by atoms with van der Waals surface area (Å²) in [5.41, 5.74) is 0. The Morgan fingerprint density at radius 2 is 1.17 bits per heavy atom. The highest BCUT2D eigenvalue weighted by Gasteiger charge is 2.43. The summed E-state index contributed by atoms with van der Waals surface area (Å²) in [4.78, 5) is 71.1. The van der Waals surface area contributed by atoms with Gasteiger partial charge in [-0.1, -0.05) is 0 Å². The lowest BCUT2D eigenvalue weighted by Gasteiger charge is -2.29. The van der Waals surface area contributed by atoms with E-state index in [1.165, 1.54) is 0 Å². The fraction of sp³-hybridized carbons (Fsp3) is 1.00. The summed E-state index contributed by atoms with van der Waals surface area (Å²) >= 11 is 0. The van der Waals surface area contributed by atoms with Crippen molar-refractivity contribution in [1.82, 2.24) is 14.2 Å². The minimum absolute atomic E-state index is 0.350. The maximum atomic E-state index is 11.1. The highest BCUT2D eigenvalue weighted by atomic mass is 31.3. The summed E-state index contributed by atoms with van der Waals surface area (Å²) in [6.45, 7) is -0.717. The Balaban J connectivity index is 4.82. The van der Waals surface area contributed by atoms with Crippen LogP contribution >= 0.6 is 31.0 Å². The summed E-state index contributed by atoms with van der Waals surface area (Å²) in [7, 11) is -21.1. The van der Waals surface area contributed by atoms with E-state index in [1.807, 2.05) is 0 Å². The van der Waals surface area contributed by atoms with Gasteiger partial charge in [-0.3, -0.25) is 0 Å². The van der Waals surface area contributed by atoms with E-state index < -0.39 is 56.7 Å². The molecule has 0 aliphatic heterocycles. The number of nitrogens with one attached hydrogen (secondary N) is 1. The van der Waals surface area contributed by atoms with E-state index >= 15 is 0 Å². The Hall–Kier alpha value is 0.480. The van der Waals surface area contributed by atoms with Gasteiger partial charge in [-0.05, 0) is 6.92 Å². The van der Waals surface area contributed by atoms with Crippen LogP contribution in [0.5, 0.6) is 0 Å². The van der Waals surface area contributed by atoms with E-state index in [9.17, 15) is 18.3 Å². The Morgan fingerprint density at radius 1 is 0.792 bits per heavy atom. The van der Waals surface area contributed by atoms with Crippen LogP contribution in [0.15, 0.2) is 0 Å². The van der Waals surface area contributed by atoms with Crippen LogP contribution in [0.4, 0.5) is 0 Å². The van der Waals surface area contributed by atoms with Gasteiger partial charge in [0.25, 0.3) is 0 Å². The topological polar surface area (TPSA) is 249 Å². The van der Waals surface area contributed by atoms with Gasteiger partial charge in [0.05, 0.1) is 0 Å². The fourth-order valence-corrected chi connectivity index (χ4v) is 5.99. The van der Waals surface area contributed by atoms with Gasteiger partial charge in [-0.15, -0.1) is 8.88 Å². The molecule has 0 aliphatic rings. The molecular weight excluding hydrogens is 418 g/mol. The lowest BCUT2D eigenvalue weighted by Crippen LogP contribution is -2.38. The van der Waals surface area contributed by atoms with Crippen molar-refractivity contribution in [3.8, 4) is 0 Å². The molecule has 0 saturated heterocycles. The third kappa shape index (κ3) is 8.24. The maximum Gasteiger partial charge on any atom is 0.412 e. The highest BCUT2D eigenvalue weighted by Crippen LogP contribution is 2.59. The molecule has 0 spiro atoms. The van der Waals surface area contributed by atoms with E-state index in [0.29, 0.717) is 0 Å². The molecule has 9 N–H and O–H groups in total. The smallest absolute Gasteiger partial charge is 0.314 e. The van der Waals surface area contributed by atoms with Gasteiger partial charge in [0, 0.05) is 25.7 Å². The van der Waals surface area contributed by atoms with Gasteiger partial charge in [0.1, 0.15) is 0 Å². The molecule has 0 bridgehead atoms. The van der Waals surface area contributed by atoms with E-state index in [1.54, 1.807) is 0 Å². The second-order valence-electron chi connectivity index (χ2n) is 4.52. The highest BCUT2D eigenvalue weighted by molar-refractivity contribution is 7.65. The van der Waals surface area contributed by atoms with E-state index in [2.05, 4.69) is 5.32 Å². The molecule has 0 rings (SSSR count).